The van der Waals surface area contributed by atoms with E-state index in [2.05, 4.69) is 53.2 Å². The molecule has 1 N–H and O–H groups in total. The van der Waals surface area contributed by atoms with Gasteiger partial charge < -0.3 is 19.9 Å². The van der Waals surface area contributed by atoms with Gasteiger partial charge in [-0.2, -0.15) is 0 Å². The number of hydrogen-bond donors (Lipinski definition) is 1. The summed E-state index contributed by atoms with van der Waals surface area (Å²) < 4.78 is 5.18. The Labute approximate surface area is 162 Å². The third kappa shape index (κ3) is 5.63. The van der Waals surface area contributed by atoms with E-state index in [1.54, 1.807) is 7.11 Å². The summed E-state index contributed by atoms with van der Waals surface area (Å²) in [5, 5.41) is 4.06. The fourth-order valence-corrected chi connectivity index (χ4v) is 2.94. The van der Waals surface area contributed by atoms with Crippen LogP contribution < -0.4 is 15.0 Å². The predicted octanol–water partition coefficient (Wildman–Crippen LogP) is 4.05. The zero-order valence-electron chi connectivity index (χ0n) is 16.2. The Morgan fingerprint density at radius 2 is 1.54 bits per heavy atom. The van der Waals surface area contributed by atoms with Crippen LogP contribution in [0.15, 0.2) is 48.5 Å². The van der Waals surface area contributed by atoms with E-state index < -0.39 is 0 Å². The number of methoxy groups -OCH3 is 1. The van der Waals surface area contributed by atoms with E-state index in [1.165, 1.54) is 16.8 Å². The second-order valence-electron chi connectivity index (χ2n) is 6.20. The molecule has 2 aromatic rings. The Kier molecular flexibility index (Phi) is 7.73. The average molecular weight is 372 g/mol. The molecule has 0 spiro atoms. The highest BCUT2D eigenvalue weighted by Crippen LogP contribution is 2.16. The maximum Gasteiger partial charge on any atom is 0.169 e. The van der Waals surface area contributed by atoms with E-state index in [0.717, 1.165) is 30.5 Å². The molecule has 0 amide bonds. The van der Waals surface area contributed by atoms with E-state index in [1.807, 2.05) is 31.3 Å². The van der Waals surface area contributed by atoms with Crippen LogP contribution in [0.1, 0.15) is 25.0 Å². The highest BCUT2D eigenvalue weighted by Gasteiger charge is 2.07. The van der Waals surface area contributed by atoms with Crippen molar-refractivity contribution in [2.75, 3.05) is 32.1 Å². The number of anilines is 1. The van der Waals surface area contributed by atoms with Gasteiger partial charge in [-0.3, -0.25) is 0 Å². The number of nitrogens with one attached hydrogen (secondary N) is 1. The van der Waals surface area contributed by atoms with E-state index in [9.17, 15) is 0 Å². The van der Waals surface area contributed by atoms with Gasteiger partial charge in [0.05, 0.1) is 7.11 Å². The van der Waals surface area contributed by atoms with Gasteiger partial charge in [0.25, 0.3) is 0 Å². The van der Waals surface area contributed by atoms with Crippen LogP contribution in [-0.4, -0.2) is 37.3 Å². The summed E-state index contributed by atoms with van der Waals surface area (Å²) in [6.45, 7) is 7.89. The first-order valence-electron chi connectivity index (χ1n) is 9.03. The lowest BCUT2D eigenvalue weighted by Gasteiger charge is -2.23. The van der Waals surface area contributed by atoms with Gasteiger partial charge in [0.15, 0.2) is 5.11 Å². The van der Waals surface area contributed by atoms with Gasteiger partial charge in [-0.05, 0) is 61.5 Å². The highest BCUT2D eigenvalue weighted by atomic mass is 32.1. The summed E-state index contributed by atoms with van der Waals surface area (Å²) in [6.07, 6.45) is 0. The van der Waals surface area contributed by atoms with Crippen molar-refractivity contribution in [3.63, 3.8) is 0 Å². The maximum atomic E-state index is 5.51. The molecule has 0 aliphatic rings. The molecule has 2 rings (SSSR count). The second-order valence-corrected chi connectivity index (χ2v) is 6.59. The van der Waals surface area contributed by atoms with E-state index >= 15 is 0 Å². The van der Waals surface area contributed by atoms with Gasteiger partial charge in [0.2, 0.25) is 0 Å². The molecule has 0 heterocycles. The van der Waals surface area contributed by atoms with Gasteiger partial charge in [0, 0.05) is 38.9 Å². The van der Waals surface area contributed by atoms with Crippen molar-refractivity contribution < 1.29 is 4.74 Å². The van der Waals surface area contributed by atoms with Crippen LogP contribution in [0.4, 0.5) is 5.69 Å². The van der Waals surface area contributed by atoms with Crippen LogP contribution in [0, 0.1) is 0 Å². The molecule has 0 bridgehead atoms. The fourth-order valence-electron chi connectivity index (χ4n) is 2.80. The van der Waals surface area contributed by atoms with Crippen LogP contribution in [0.25, 0.3) is 0 Å². The summed E-state index contributed by atoms with van der Waals surface area (Å²) in [7, 11) is 3.69. The first kappa shape index (κ1) is 20.0. The van der Waals surface area contributed by atoms with Gasteiger partial charge in [-0.1, -0.05) is 24.3 Å². The zero-order chi connectivity index (χ0) is 18.9. The average Bonchev–Trinajstić information content (AvgIpc) is 2.68. The summed E-state index contributed by atoms with van der Waals surface area (Å²) in [5.74, 6) is 0.863. The summed E-state index contributed by atoms with van der Waals surface area (Å²) in [4.78, 5) is 4.40. The number of benzene rings is 2. The Morgan fingerprint density at radius 3 is 2.08 bits per heavy atom. The van der Waals surface area contributed by atoms with Crippen molar-refractivity contribution in [3.8, 4) is 5.75 Å². The summed E-state index contributed by atoms with van der Waals surface area (Å²) in [5.41, 5.74) is 3.68. The van der Waals surface area contributed by atoms with Crippen molar-refractivity contribution in [3.05, 3.63) is 59.7 Å². The van der Waals surface area contributed by atoms with Crippen LogP contribution in [0.2, 0.25) is 0 Å². The van der Waals surface area contributed by atoms with Crippen LogP contribution in [0.3, 0.4) is 0 Å². The zero-order valence-corrected chi connectivity index (χ0v) is 17.0. The minimum Gasteiger partial charge on any atom is -0.497 e. The summed E-state index contributed by atoms with van der Waals surface area (Å²) in [6, 6.07) is 16.7. The number of nitrogens with zero attached hydrogens (tertiary/aromatic N) is 2. The molecule has 0 aromatic heterocycles. The van der Waals surface area contributed by atoms with Crippen LogP contribution >= 0.6 is 12.2 Å². The lowest BCUT2D eigenvalue weighted by Crippen LogP contribution is -2.36. The van der Waals surface area contributed by atoms with Crippen molar-refractivity contribution in [1.29, 1.82) is 0 Å². The van der Waals surface area contributed by atoms with Gasteiger partial charge >= 0.3 is 0 Å². The van der Waals surface area contributed by atoms with Crippen molar-refractivity contribution >= 4 is 23.0 Å². The third-order valence-corrected chi connectivity index (χ3v) is 4.89. The highest BCUT2D eigenvalue weighted by molar-refractivity contribution is 7.80. The van der Waals surface area contributed by atoms with E-state index in [-0.39, 0.29) is 0 Å². The predicted molar refractivity (Wildman–Crippen MR) is 114 cm³/mol. The SMILES string of the molecule is CCN(CC)c1ccc(CN(C)C(=S)NCc2ccc(OC)cc2)cc1. The Bertz CT molecular complexity index is 681. The third-order valence-electron chi connectivity index (χ3n) is 4.43. The molecule has 0 aliphatic heterocycles. The minimum absolute atomic E-state index is 0.702. The molecule has 0 saturated heterocycles. The van der Waals surface area contributed by atoms with Gasteiger partial charge in [0.1, 0.15) is 5.75 Å². The molecule has 5 heteroatoms. The maximum absolute atomic E-state index is 5.51. The first-order chi connectivity index (χ1) is 12.6. The minimum atomic E-state index is 0.702. The van der Waals surface area contributed by atoms with Gasteiger partial charge in [-0.15, -0.1) is 0 Å². The molecule has 0 radical (unpaired) electrons. The molecule has 26 heavy (non-hydrogen) atoms. The Morgan fingerprint density at radius 1 is 0.962 bits per heavy atom. The normalized spacial score (nSPS) is 10.3. The Balaban J connectivity index is 1.85. The standard InChI is InChI=1S/C21H29N3OS/c1-5-24(6-2)19-11-7-18(8-12-19)16-23(3)21(26)22-15-17-9-13-20(25-4)14-10-17/h7-14H,5-6,15-16H2,1-4H3,(H,22,26). The topological polar surface area (TPSA) is 27.7 Å². The number of hydrogen-bond acceptors (Lipinski definition) is 3. The molecule has 0 aliphatic carbocycles. The Hall–Kier alpha value is -2.27. The first-order valence-corrected chi connectivity index (χ1v) is 9.44. The molecule has 0 atom stereocenters. The molecule has 0 unspecified atom stereocenters. The molecule has 2 aromatic carbocycles. The van der Waals surface area contributed by atoms with Crippen molar-refractivity contribution in [2.45, 2.75) is 26.9 Å². The molecular formula is C21H29N3OS. The van der Waals surface area contributed by atoms with E-state index in [0.29, 0.717) is 6.54 Å². The van der Waals surface area contributed by atoms with Crippen molar-refractivity contribution in [2.24, 2.45) is 0 Å². The molecule has 0 saturated carbocycles. The number of rotatable bonds is 8. The summed E-state index contributed by atoms with van der Waals surface area (Å²) >= 11 is 5.51. The van der Waals surface area contributed by atoms with Gasteiger partial charge in [-0.25, -0.2) is 0 Å². The molecule has 140 valence electrons. The lowest BCUT2D eigenvalue weighted by atomic mass is 10.2. The lowest BCUT2D eigenvalue weighted by molar-refractivity contribution is 0.414. The monoisotopic (exact) mass is 371 g/mol. The fraction of sp³-hybridized carbons (Fsp3) is 0.381. The molecular weight excluding hydrogens is 342 g/mol. The van der Waals surface area contributed by atoms with E-state index in [4.69, 9.17) is 17.0 Å². The smallest absolute Gasteiger partial charge is 0.169 e. The second kappa shape index (κ2) is 10.0. The van der Waals surface area contributed by atoms with Crippen LogP contribution in [-0.2, 0) is 13.1 Å². The van der Waals surface area contributed by atoms with Crippen LogP contribution in [0.5, 0.6) is 5.75 Å². The number of ether oxygens (including phenoxy) is 1. The molecule has 0 fully saturated rings. The molecule has 4 nitrogen and oxygen atoms in total. The number of thiocarbonyl (C=S) groups is 1. The van der Waals surface area contributed by atoms with Crippen molar-refractivity contribution in [1.82, 2.24) is 10.2 Å². The quantitative estimate of drug-likeness (QED) is 0.707. The largest absolute Gasteiger partial charge is 0.497 e.